The Bertz CT molecular complexity index is 428. The van der Waals surface area contributed by atoms with E-state index < -0.39 is 8.80 Å². The van der Waals surface area contributed by atoms with Gasteiger partial charge in [0.2, 0.25) is 0 Å². The Morgan fingerprint density at radius 3 is 2.25 bits per heavy atom. The van der Waals surface area contributed by atoms with Gasteiger partial charge in [0.1, 0.15) is 0 Å². The molecular weight excluding hydrogens is 328 g/mol. The Hall–Kier alpha value is -0.473. The lowest BCUT2D eigenvalue weighted by Crippen LogP contribution is -2.46. The van der Waals surface area contributed by atoms with Crippen LogP contribution in [0.3, 0.4) is 0 Å². The van der Waals surface area contributed by atoms with Crippen molar-refractivity contribution in [2.45, 2.75) is 58.3 Å². The van der Waals surface area contributed by atoms with E-state index >= 15 is 0 Å². The van der Waals surface area contributed by atoms with Crippen molar-refractivity contribution < 1.29 is 27.5 Å². The summed E-state index contributed by atoms with van der Waals surface area (Å²) in [5.41, 5.74) is 0. The van der Waals surface area contributed by atoms with Crippen molar-refractivity contribution >= 4 is 14.8 Å². The topological polar surface area (TPSA) is 66.5 Å². The minimum atomic E-state index is -2.63. The molecule has 2 saturated carbocycles. The molecule has 7 heteroatoms. The Labute approximate surface area is 145 Å². The summed E-state index contributed by atoms with van der Waals surface area (Å²) in [5.74, 6) is 0.988. The third-order valence-electron chi connectivity index (χ3n) is 5.36. The molecule has 0 amide bonds. The van der Waals surface area contributed by atoms with E-state index in [4.69, 9.17) is 22.8 Å². The van der Waals surface area contributed by atoms with Crippen LogP contribution in [0.15, 0.2) is 0 Å². The Kier molecular flexibility index (Phi) is 5.97. The maximum absolute atomic E-state index is 12.3. The van der Waals surface area contributed by atoms with E-state index in [-0.39, 0.29) is 11.9 Å². The van der Waals surface area contributed by atoms with Crippen LogP contribution in [0.5, 0.6) is 0 Å². The maximum Gasteiger partial charge on any atom is 0.501 e. The fourth-order valence-electron chi connectivity index (χ4n) is 4.44. The second-order valence-electron chi connectivity index (χ2n) is 6.82. The molecule has 2 bridgehead atoms. The molecule has 1 saturated heterocycles. The molecule has 5 unspecified atom stereocenters. The first-order valence-electron chi connectivity index (χ1n) is 9.38. The van der Waals surface area contributed by atoms with Crippen LogP contribution in [0.25, 0.3) is 0 Å². The number of hydrogen-bond acceptors (Lipinski definition) is 6. The van der Waals surface area contributed by atoms with Crippen molar-refractivity contribution in [1.82, 2.24) is 0 Å². The molecule has 24 heavy (non-hydrogen) atoms. The van der Waals surface area contributed by atoms with Crippen molar-refractivity contribution in [3.8, 4) is 0 Å². The third kappa shape index (κ3) is 3.70. The van der Waals surface area contributed by atoms with Gasteiger partial charge in [-0.2, -0.15) is 0 Å². The largest absolute Gasteiger partial charge is 0.501 e. The van der Waals surface area contributed by atoms with Gasteiger partial charge in [0, 0.05) is 31.8 Å². The number of epoxide rings is 1. The van der Waals surface area contributed by atoms with E-state index in [2.05, 4.69) is 0 Å². The van der Waals surface area contributed by atoms with Crippen molar-refractivity contribution in [3.05, 3.63) is 0 Å². The highest BCUT2D eigenvalue weighted by molar-refractivity contribution is 6.60. The first kappa shape index (κ1) is 18.3. The zero-order valence-electron chi connectivity index (χ0n) is 15.0. The number of esters is 1. The molecular formula is C17H30O6Si. The second-order valence-corrected chi connectivity index (χ2v) is 9.55. The zero-order chi connectivity index (χ0) is 17.2. The molecule has 0 radical (unpaired) electrons. The molecule has 0 aromatic carbocycles. The molecule has 1 heterocycles. The van der Waals surface area contributed by atoms with Crippen LogP contribution < -0.4 is 0 Å². The molecule has 6 nitrogen and oxygen atoms in total. The molecule has 0 aromatic rings. The second kappa shape index (κ2) is 7.82. The Balaban J connectivity index is 1.41. The first-order valence-corrected chi connectivity index (χ1v) is 11.3. The minimum absolute atomic E-state index is 0.0476. The molecule has 0 spiro atoms. The predicted octanol–water partition coefficient (Wildman–Crippen LogP) is 2.39. The lowest BCUT2D eigenvalue weighted by atomic mass is 9.89. The molecule has 3 fully saturated rings. The van der Waals surface area contributed by atoms with E-state index in [9.17, 15) is 4.79 Å². The number of ether oxygens (including phenoxy) is 2. The van der Waals surface area contributed by atoms with Gasteiger partial charge >= 0.3 is 14.8 Å². The van der Waals surface area contributed by atoms with E-state index in [1.54, 1.807) is 0 Å². The van der Waals surface area contributed by atoms with Crippen LogP contribution in [0, 0.1) is 17.8 Å². The average Bonchev–Trinajstić information content (AvgIpc) is 3.16. The van der Waals surface area contributed by atoms with E-state index in [0.29, 0.717) is 62.9 Å². The maximum atomic E-state index is 12.3. The molecule has 2 aliphatic carbocycles. The molecule has 3 rings (SSSR count). The highest BCUT2D eigenvalue weighted by Crippen LogP contribution is 2.59. The van der Waals surface area contributed by atoms with Crippen molar-refractivity contribution in [3.63, 3.8) is 0 Å². The normalized spacial score (nSPS) is 33.5. The molecule has 3 aliphatic rings. The summed E-state index contributed by atoms with van der Waals surface area (Å²) in [6, 6.07) is 0.681. The summed E-state index contributed by atoms with van der Waals surface area (Å²) < 4.78 is 28.6. The van der Waals surface area contributed by atoms with Gasteiger partial charge < -0.3 is 22.8 Å². The van der Waals surface area contributed by atoms with Gasteiger partial charge in [-0.25, -0.2) is 0 Å². The molecule has 138 valence electrons. The van der Waals surface area contributed by atoms with Crippen LogP contribution in [-0.2, 0) is 27.5 Å². The van der Waals surface area contributed by atoms with Gasteiger partial charge in [-0.15, -0.1) is 0 Å². The summed E-state index contributed by atoms with van der Waals surface area (Å²) >= 11 is 0. The number of carbonyl (C=O) groups excluding carboxylic acids is 1. The standard InChI is InChI=1S/C17H30O6Si/c1-4-20-24(21-5-2,22-6-3)9-7-8-19-17(18)14-11-12-10-13(14)16-15(12)23-16/h12-16H,4-11H2,1-3H3. The number of fused-ring (bicyclic) bond motifs is 5. The third-order valence-corrected chi connectivity index (χ3v) is 8.52. The lowest BCUT2D eigenvalue weighted by Gasteiger charge is -2.28. The first-order chi connectivity index (χ1) is 11.6. The summed E-state index contributed by atoms with van der Waals surface area (Å²) in [4.78, 5) is 12.3. The van der Waals surface area contributed by atoms with E-state index in [1.165, 1.54) is 0 Å². The van der Waals surface area contributed by atoms with Gasteiger partial charge in [0.25, 0.3) is 0 Å². The monoisotopic (exact) mass is 358 g/mol. The molecule has 0 aromatic heterocycles. The zero-order valence-corrected chi connectivity index (χ0v) is 16.0. The fourth-order valence-corrected chi connectivity index (χ4v) is 7.02. The fraction of sp³-hybridized carbons (Fsp3) is 0.941. The van der Waals surface area contributed by atoms with Crippen LogP contribution >= 0.6 is 0 Å². The molecule has 5 atom stereocenters. The number of rotatable bonds is 11. The van der Waals surface area contributed by atoms with Crippen molar-refractivity contribution in [1.29, 1.82) is 0 Å². The van der Waals surface area contributed by atoms with Gasteiger partial charge in [-0.05, 0) is 46.0 Å². The van der Waals surface area contributed by atoms with Gasteiger partial charge in [-0.3, -0.25) is 4.79 Å². The highest BCUT2D eigenvalue weighted by atomic mass is 28.4. The summed E-state index contributed by atoms with van der Waals surface area (Å²) in [7, 11) is -2.63. The van der Waals surface area contributed by atoms with Crippen molar-refractivity contribution in [2.24, 2.45) is 17.8 Å². The minimum Gasteiger partial charge on any atom is -0.465 e. The summed E-state index contributed by atoms with van der Waals surface area (Å²) in [6.45, 7) is 7.95. The van der Waals surface area contributed by atoms with Crippen LogP contribution in [-0.4, -0.2) is 53.4 Å². The Morgan fingerprint density at radius 2 is 1.71 bits per heavy atom. The highest BCUT2D eigenvalue weighted by Gasteiger charge is 2.64. The van der Waals surface area contributed by atoms with Crippen LogP contribution in [0.1, 0.15) is 40.0 Å². The molecule has 1 aliphatic heterocycles. The lowest BCUT2D eigenvalue weighted by molar-refractivity contribution is -0.150. The smallest absolute Gasteiger partial charge is 0.465 e. The quantitative estimate of drug-likeness (QED) is 0.244. The summed E-state index contributed by atoms with van der Waals surface area (Å²) in [6.07, 6.45) is 3.59. The van der Waals surface area contributed by atoms with Crippen LogP contribution in [0.2, 0.25) is 6.04 Å². The van der Waals surface area contributed by atoms with E-state index in [0.717, 1.165) is 12.8 Å². The number of carbonyl (C=O) groups is 1. The summed E-state index contributed by atoms with van der Waals surface area (Å²) in [5, 5.41) is 0. The van der Waals surface area contributed by atoms with Gasteiger partial charge in [0.05, 0.1) is 24.7 Å². The Morgan fingerprint density at radius 1 is 1.04 bits per heavy atom. The predicted molar refractivity (Wildman–Crippen MR) is 89.4 cm³/mol. The van der Waals surface area contributed by atoms with Gasteiger partial charge in [-0.1, -0.05) is 0 Å². The van der Waals surface area contributed by atoms with E-state index in [1.807, 2.05) is 20.8 Å². The number of hydrogen-bond donors (Lipinski definition) is 0. The SMILES string of the molecule is CCO[Si](CCCOC(=O)C1CC2CC1C1OC21)(OCC)OCC. The average molecular weight is 359 g/mol. The van der Waals surface area contributed by atoms with Crippen molar-refractivity contribution in [2.75, 3.05) is 26.4 Å². The molecule has 0 N–H and O–H groups in total. The van der Waals surface area contributed by atoms with Crippen LogP contribution in [0.4, 0.5) is 0 Å². The van der Waals surface area contributed by atoms with Gasteiger partial charge in [0.15, 0.2) is 0 Å².